The fourth-order valence-corrected chi connectivity index (χ4v) is 2.21. The van der Waals surface area contributed by atoms with E-state index in [0.29, 0.717) is 6.20 Å². The number of halogens is 2. The number of hydrogen-bond donors (Lipinski definition) is 1. The molecule has 116 valence electrons. The monoisotopic (exact) mass is 304 g/mol. The lowest BCUT2D eigenvalue weighted by Crippen LogP contribution is -2.39. The van der Waals surface area contributed by atoms with Gasteiger partial charge in [0.15, 0.2) is 0 Å². The molecular formula is C12H14F2N2O5. The minimum absolute atomic E-state index is 0.0186. The Morgan fingerprint density at radius 2 is 2.33 bits per heavy atom. The van der Waals surface area contributed by atoms with E-state index in [4.69, 9.17) is 4.74 Å². The Bertz CT molecular complexity index is 641. The van der Waals surface area contributed by atoms with Crippen molar-refractivity contribution in [1.29, 1.82) is 0 Å². The number of aromatic nitrogens is 2. The highest BCUT2D eigenvalue weighted by Gasteiger charge is 2.41. The first-order valence-electron chi connectivity index (χ1n) is 6.39. The predicted molar refractivity (Wildman–Crippen MR) is 65.9 cm³/mol. The van der Waals surface area contributed by atoms with Crippen LogP contribution in [-0.2, 0) is 14.3 Å². The predicted octanol–water partition coefficient (Wildman–Crippen LogP) is 0.112. The average molecular weight is 304 g/mol. The molecule has 9 heteroatoms. The Hall–Kier alpha value is -2.03. The van der Waals surface area contributed by atoms with Crippen molar-refractivity contribution >= 4 is 5.97 Å². The lowest BCUT2D eigenvalue weighted by molar-refractivity contribution is -0.153. The van der Waals surface area contributed by atoms with Gasteiger partial charge in [0, 0.05) is 12.5 Å². The highest BCUT2D eigenvalue weighted by Crippen LogP contribution is 2.33. The molecule has 2 heterocycles. The third kappa shape index (κ3) is 3.02. The first-order chi connectivity index (χ1) is 9.95. The van der Waals surface area contributed by atoms with Crippen molar-refractivity contribution in [2.24, 2.45) is 5.92 Å². The summed E-state index contributed by atoms with van der Waals surface area (Å²) in [7, 11) is 0. The number of rotatable bonds is 4. The molecule has 1 N–H and O–H groups in total. The van der Waals surface area contributed by atoms with Crippen molar-refractivity contribution in [3.8, 4) is 0 Å². The Kier molecular flexibility index (Phi) is 4.51. The molecule has 21 heavy (non-hydrogen) atoms. The molecule has 0 saturated carbocycles. The zero-order valence-corrected chi connectivity index (χ0v) is 11.2. The van der Waals surface area contributed by atoms with E-state index in [1.165, 1.54) is 6.92 Å². The lowest BCUT2D eigenvalue weighted by atomic mass is 10.00. The molecule has 1 aliphatic heterocycles. The number of carbonyl (C=O) groups excluding carboxylic acids is 1. The second kappa shape index (κ2) is 6.17. The summed E-state index contributed by atoms with van der Waals surface area (Å²) < 4.78 is 37.9. The quantitative estimate of drug-likeness (QED) is 0.797. The standard InChI is InChI=1S/C12H14F2N2O5/c1-2-20-11(18)8(14)6-3-4-21-10(6)16-5-7(13)9(17)15-12(16)19/h5-6,8,10H,2-4H2,1H3,(H,15,17,19)/t6-,8?,10?/m0/s1. The summed E-state index contributed by atoms with van der Waals surface area (Å²) in [6.45, 7) is 1.65. The van der Waals surface area contributed by atoms with E-state index in [1.54, 1.807) is 4.98 Å². The van der Waals surface area contributed by atoms with Gasteiger partial charge in [-0.25, -0.2) is 14.0 Å². The fourth-order valence-electron chi connectivity index (χ4n) is 2.21. The molecule has 0 bridgehead atoms. The van der Waals surface area contributed by atoms with Gasteiger partial charge in [-0.15, -0.1) is 0 Å². The molecule has 2 unspecified atom stereocenters. The van der Waals surface area contributed by atoms with E-state index in [9.17, 15) is 23.2 Å². The topological polar surface area (TPSA) is 90.4 Å². The normalized spacial score (nSPS) is 23.0. The van der Waals surface area contributed by atoms with Crippen LogP contribution in [0.5, 0.6) is 0 Å². The zero-order chi connectivity index (χ0) is 15.6. The maximum Gasteiger partial charge on any atom is 0.341 e. The van der Waals surface area contributed by atoms with Gasteiger partial charge in [-0.2, -0.15) is 4.39 Å². The summed E-state index contributed by atoms with van der Waals surface area (Å²) in [4.78, 5) is 35.8. The molecule has 2 rings (SSSR count). The molecule has 1 aliphatic rings. The van der Waals surface area contributed by atoms with Crippen LogP contribution in [0.15, 0.2) is 15.8 Å². The van der Waals surface area contributed by atoms with Gasteiger partial charge in [-0.1, -0.05) is 0 Å². The average Bonchev–Trinajstić information content (AvgIpc) is 2.91. The van der Waals surface area contributed by atoms with E-state index in [-0.39, 0.29) is 19.6 Å². The Labute approximate surface area is 117 Å². The molecule has 1 aromatic rings. The maximum absolute atomic E-state index is 14.1. The molecule has 3 atom stereocenters. The van der Waals surface area contributed by atoms with Crippen LogP contribution in [0, 0.1) is 11.7 Å². The zero-order valence-electron chi connectivity index (χ0n) is 11.2. The Morgan fingerprint density at radius 3 is 3.00 bits per heavy atom. The molecule has 1 fully saturated rings. The van der Waals surface area contributed by atoms with Crippen molar-refractivity contribution in [1.82, 2.24) is 9.55 Å². The minimum atomic E-state index is -2.00. The van der Waals surface area contributed by atoms with Gasteiger partial charge in [-0.3, -0.25) is 14.3 Å². The van der Waals surface area contributed by atoms with Crippen LogP contribution in [0.1, 0.15) is 19.6 Å². The van der Waals surface area contributed by atoms with Crippen molar-refractivity contribution in [3.63, 3.8) is 0 Å². The molecule has 0 spiro atoms. The third-order valence-corrected chi connectivity index (χ3v) is 3.19. The Morgan fingerprint density at radius 1 is 1.62 bits per heavy atom. The first kappa shape index (κ1) is 15.4. The van der Waals surface area contributed by atoms with E-state index in [2.05, 4.69) is 4.74 Å². The van der Waals surface area contributed by atoms with Gasteiger partial charge in [-0.05, 0) is 13.3 Å². The van der Waals surface area contributed by atoms with E-state index in [1.807, 2.05) is 0 Å². The molecule has 1 saturated heterocycles. The lowest BCUT2D eigenvalue weighted by Gasteiger charge is -2.22. The second-order valence-corrected chi connectivity index (χ2v) is 4.51. The fraction of sp³-hybridized carbons (Fsp3) is 0.583. The van der Waals surface area contributed by atoms with Crippen LogP contribution in [-0.4, -0.2) is 34.9 Å². The van der Waals surface area contributed by atoms with Crippen LogP contribution in [0.2, 0.25) is 0 Å². The van der Waals surface area contributed by atoms with Crippen LogP contribution in [0.25, 0.3) is 0 Å². The van der Waals surface area contributed by atoms with Crippen LogP contribution >= 0.6 is 0 Å². The van der Waals surface area contributed by atoms with Crippen molar-refractivity contribution in [2.45, 2.75) is 25.7 Å². The number of aromatic amines is 1. The Balaban J connectivity index is 2.31. The van der Waals surface area contributed by atoms with Gasteiger partial charge in [0.25, 0.3) is 5.56 Å². The number of nitrogens with one attached hydrogen (secondary N) is 1. The highest BCUT2D eigenvalue weighted by molar-refractivity contribution is 5.75. The second-order valence-electron chi connectivity index (χ2n) is 4.51. The number of nitrogens with zero attached hydrogens (tertiary/aromatic N) is 1. The van der Waals surface area contributed by atoms with E-state index >= 15 is 0 Å². The molecule has 7 nitrogen and oxygen atoms in total. The van der Waals surface area contributed by atoms with Crippen molar-refractivity contribution < 1.29 is 23.0 Å². The smallest absolute Gasteiger partial charge is 0.341 e. The van der Waals surface area contributed by atoms with Gasteiger partial charge in [0.2, 0.25) is 12.0 Å². The molecule has 0 aliphatic carbocycles. The summed E-state index contributed by atoms with van der Waals surface area (Å²) in [6, 6.07) is 0. The van der Waals surface area contributed by atoms with Crippen molar-refractivity contribution in [2.75, 3.05) is 13.2 Å². The summed E-state index contributed by atoms with van der Waals surface area (Å²) in [6.07, 6.45) is -2.37. The number of esters is 1. The molecule has 0 amide bonds. The summed E-state index contributed by atoms with van der Waals surface area (Å²) in [5.41, 5.74) is -2.11. The third-order valence-electron chi connectivity index (χ3n) is 3.19. The summed E-state index contributed by atoms with van der Waals surface area (Å²) in [5.74, 6) is -3.25. The molecular weight excluding hydrogens is 290 g/mol. The summed E-state index contributed by atoms with van der Waals surface area (Å²) >= 11 is 0. The molecule has 0 aromatic carbocycles. The number of ether oxygens (including phenoxy) is 2. The van der Waals surface area contributed by atoms with Gasteiger partial charge in [0.05, 0.1) is 12.8 Å². The van der Waals surface area contributed by atoms with Gasteiger partial charge >= 0.3 is 11.7 Å². The first-order valence-corrected chi connectivity index (χ1v) is 6.39. The maximum atomic E-state index is 14.1. The van der Waals surface area contributed by atoms with Gasteiger partial charge < -0.3 is 9.47 Å². The molecule has 1 aromatic heterocycles. The van der Waals surface area contributed by atoms with Crippen molar-refractivity contribution in [3.05, 3.63) is 32.9 Å². The van der Waals surface area contributed by atoms with Gasteiger partial charge in [0.1, 0.15) is 6.23 Å². The number of alkyl halides is 1. The summed E-state index contributed by atoms with van der Waals surface area (Å²) in [5, 5.41) is 0. The van der Waals surface area contributed by atoms with Crippen LogP contribution in [0.4, 0.5) is 8.78 Å². The highest BCUT2D eigenvalue weighted by atomic mass is 19.1. The van der Waals surface area contributed by atoms with E-state index < -0.39 is 41.4 Å². The number of H-pyrrole nitrogens is 1. The largest absolute Gasteiger partial charge is 0.464 e. The molecule has 0 radical (unpaired) electrons. The van der Waals surface area contributed by atoms with Crippen LogP contribution in [0.3, 0.4) is 0 Å². The van der Waals surface area contributed by atoms with E-state index in [0.717, 1.165) is 4.57 Å². The number of carbonyl (C=O) groups is 1. The minimum Gasteiger partial charge on any atom is -0.464 e. The SMILES string of the molecule is CCOC(=O)C(F)[C@@H]1CCOC1n1cc(F)c(=O)[nH]c1=O. The van der Waals surface area contributed by atoms with Crippen LogP contribution < -0.4 is 11.2 Å². The number of hydrogen-bond acceptors (Lipinski definition) is 5.